The molecule has 1 saturated heterocycles. The molecule has 3 heteroatoms. The fourth-order valence-electron chi connectivity index (χ4n) is 2.81. The molecular weight excluding hydrogens is 190 g/mol. The van der Waals surface area contributed by atoms with Gasteiger partial charge in [-0.2, -0.15) is 0 Å². The molecule has 1 aliphatic carbocycles. The predicted molar refractivity (Wildman–Crippen MR) is 58.4 cm³/mol. The summed E-state index contributed by atoms with van der Waals surface area (Å²) in [7, 11) is 0. The van der Waals surface area contributed by atoms with Crippen LogP contribution in [0.25, 0.3) is 0 Å². The number of hydrogen-bond acceptors (Lipinski definition) is 2. The number of nitrogens with zero attached hydrogens (tertiary/aromatic N) is 1. The minimum Gasteiger partial charge on any atom is -0.383 e. The molecule has 15 heavy (non-hydrogen) atoms. The summed E-state index contributed by atoms with van der Waals surface area (Å²) in [6.45, 7) is 0.862. The van der Waals surface area contributed by atoms with Crippen LogP contribution in [0.15, 0.2) is 0 Å². The molecular formula is C12H21NO2. The number of rotatable bonds is 1. The Bertz CT molecular complexity index is 222. The molecule has 3 nitrogen and oxygen atoms in total. The van der Waals surface area contributed by atoms with Crippen LogP contribution < -0.4 is 0 Å². The van der Waals surface area contributed by atoms with Gasteiger partial charge in [0.05, 0.1) is 0 Å². The van der Waals surface area contributed by atoms with Gasteiger partial charge in [0.2, 0.25) is 0 Å². The summed E-state index contributed by atoms with van der Waals surface area (Å²) in [5.74, 6) is -0.0202. The Morgan fingerprint density at radius 2 is 1.67 bits per heavy atom. The van der Waals surface area contributed by atoms with E-state index < -0.39 is 6.10 Å². The fourth-order valence-corrected chi connectivity index (χ4v) is 2.81. The molecule has 1 amide bonds. The van der Waals surface area contributed by atoms with Gasteiger partial charge >= 0.3 is 0 Å². The van der Waals surface area contributed by atoms with E-state index in [-0.39, 0.29) is 5.91 Å². The highest BCUT2D eigenvalue weighted by Gasteiger charge is 2.31. The molecule has 0 aromatic heterocycles. The van der Waals surface area contributed by atoms with E-state index in [9.17, 15) is 9.90 Å². The van der Waals surface area contributed by atoms with Gasteiger partial charge < -0.3 is 10.0 Å². The van der Waals surface area contributed by atoms with Crippen molar-refractivity contribution in [3.8, 4) is 0 Å². The molecule has 1 aliphatic heterocycles. The first kappa shape index (κ1) is 10.9. The van der Waals surface area contributed by atoms with Crippen molar-refractivity contribution in [2.45, 2.75) is 63.5 Å². The summed E-state index contributed by atoms with van der Waals surface area (Å²) < 4.78 is 0. The summed E-state index contributed by atoms with van der Waals surface area (Å²) in [6, 6.07) is 0.412. The number of piperidine rings is 1. The van der Waals surface area contributed by atoms with Crippen LogP contribution in [0.2, 0.25) is 0 Å². The van der Waals surface area contributed by atoms with Gasteiger partial charge in [0.25, 0.3) is 5.91 Å². The third-order valence-corrected chi connectivity index (χ3v) is 3.71. The SMILES string of the molecule is O=C1C(O)CCCN1C1CCCCCC1. The van der Waals surface area contributed by atoms with E-state index in [0.717, 1.165) is 25.8 Å². The first-order valence-electron chi connectivity index (χ1n) is 6.27. The van der Waals surface area contributed by atoms with Crippen LogP contribution in [-0.2, 0) is 4.79 Å². The van der Waals surface area contributed by atoms with E-state index in [4.69, 9.17) is 0 Å². The average molecular weight is 211 g/mol. The normalized spacial score (nSPS) is 30.3. The minimum atomic E-state index is -0.720. The molecule has 0 bridgehead atoms. The number of likely N-dealkylation sites (tertiary alicyclic amines) is 1. The summed E-state index contributed by atoms with van der Waals surface area (Å²) >= 11 is 0. The van der Waals surface area contributed by atoms with Crippen LogP contribution in [0.5, 0.6) is 0 Å². The van der Waals surface area contributed by atoms with Crippen LogP contribution in [-0.4, -0.2) is 34.6 Å². The van der Waals surface area contributed by atoms with Crippen molar-refractivity contribution in [3.63, 3.8) is 0 Å². The van der Waals surface area contributed by atoms with E-state index >= 15 is 0 Å². The maximum Gasteiger partial charge on any atom is 0.251 e. The van der Waals surface area contributed by atoms with Gasteiger partial charge in [0.1, 0.15) is 6.10 Å². The number of amides is 1. The number of carbonyl (C=O) groups is 1. The van der Waals surface area contributed by atoms with Crippen molar-refractivity contribution in [1.29, 1.82) is 0 Å². The lowest BCUT2D eigenvalue weighted by Gasteiger charge is -2.36. The second kappa shape index (κ2) is 4.97. The Morgan fingerprint density at radius 3 is 2.33 bits per heavy atom. The third-order valence-electron chi connectivity index (χ3n) is 3.71. The molecule has 1 saturated carbocycles. The lowest BCUT2D eigenvalue weighted by molar-refractivity contribution is -0.146. The molecule has 2 rings (SSSR count). The largest absolute Gasteiger partial charge is 0.383 e. The molecule has 1 N–H and O–H groups in total. The Hall–Kier alpha value is -0.570. The molecule has 2 aliphatic rings. The van der Waals surface area contributed by atoms with Gasteiger partial charge in [-0.15, -0.1) is 0 Å². The van der Waals surface area contributed by atoms with Crippen LogP contribution in [0.3, 0.4) is 0 Å². The van der Waals surface area contributed by atoms with Crippen LogP contribution in [0.1, 0.15) is 51.4 Å². The first-order valence-corrected chi connectivity index (χ1v) is 6.27. The summed E-state index contributed by atoms with van der Waals surface area (Å²) in [5.41, 5.74) is 0. The molecule has 1 atom stereocenters. The molecule has 86 valence electrons. The topological polar surface area (TPSA) is 40.5 Å². The highest BCUT2D eigenvalue weighted by molar-refractivity contribution is 5.81. The van der Waals surface area contributed by atoms with Crippen molar-refractivity contribution < 1.29 is 9.90 Å². The van der Waals surface area contributed by atoms with E-state index in [0.29, 0.717) is 12.5 Å². The molecule has 1 heterocycles. The lowest BCUT2D eigenvalue weighted by Crippen LogP contribution is -2.49. The standard InChI is InChI=1S/C12H21NO2/c14-11-8-5-9-13(12(11)15)10-6-3-1-2-4-7-10/h10-11,14H,1-9H2. The van der Waals surface area contributed by atoms with Crippen molar-refractivity contribution >= 4 is 5.91 Å². The summed E-state index contributed by atoms with van der Waals surface area (Å²) in [6.07, 6.45) is 8.27. The van der Waals surface area contributed by atoms with E-state index in [1.54, 1.807) is 0 Å². The first-order chi connectivity index (χ1) is 7.29. The second-order valence-electron chi connectivity index (χ2n) is 4.84. The lowest BCUT2D eigenvalue weighted by atomic mass is 10.0. The quantitative estimate of drug-likeness (QED) is 0.670. The average Bonchev–Trinajstić information content (AvgIpc) is 2.50. The van der Waals surface area contributed by atoms with Gasteiger partial charge in [0, 0.05) is 12.6 Å². The highest BCUT2D eigenvalue weighted by Crippen LogP contribution is 2.25. The Labute approximate surface area is 91.5 Å². The zero-order valence-corrected chi connectivity index (χ0v) is 9.32. The molecule has 0 aromatic rings. The van der Waals surface area contributed by atoms with Crippen molar-refractivity contribution in [3.05, 3.63) is 0 Å². The highest BCUT2D eigenvalue weighted by atomic mass is 16.3. The Kier molecular flexibility index (Phi) is 3.62. The molecule has 0 radical (unpaired) electrons. The molecule has 2 fully saturated rings. The van der Waals surface area contributed by atoms with Gasteiger partial charge in [-0.05, 0) is 25.7 Å². The summed E-state index contributed by atoms with van der Waals surface area (Å²) in [4.78, 5) is 13.8. The number of hydrogen-bond donors (Lipinski definition) is 1. The number of carbonyl (C=O) groups excluding carboxylic acids is 1. The van der Waals surface area contributed by atoms with E-state index in [1.807, 2.05) is 4.90 Å². The van der Waals surface area contributed by atoms with Gasteiger partial charge in [-0.1, -0.05) is 25.7 Å². The number of aliphatic hydroxyl groups is 1. The molecule has 1 unspecified atom stereocenters. The third kappa shape index (κ3) is 2.51. The van der Waals surface area contributed by atoms with Crippen molar-refractivity contribution in [2.75, 3.05) is 6.54 Å². The molecule has 0 spiro atoms. The zero-order valence-electron chi connectivity index (χ0n) is 9.32. The van der Waals surface area contributed by atoms with Crippen molar-refractivity contribution in [1.82, 2.24) is 4.90 Å². The van der Waals surface area contributed by atoms with Gasteiger partial charge in [-0.3, -0.25) is 4.79 Å². The fraction of sp³-hybridized carbons (Fsp3) is 0.917. The second-order valence-corrected chi connectivity index (χ2v) is 4.84. The Balaban J connectivity index is 1.97. The molecule has 0 aromatic carbocycles. The predicted octanol–water partition coefficient (Wildman–Crippen LogP) is 1.69. The van der Waals surface area contributed by atoms with E-state index in [1.165, 1.54) is 25.7 Å². The van der Waals surface area contributed by atoms with Gasteiger partial charge in [0.15, 0.2) is 0 Å². The van der Waals surface area contributed by atoms with Crippen LogP contribution in [0.4, 0.5) is 0 Å². The van der Waals surface area contributed by atoms with Crippen LogP contribution >= 0.6 is 0 Å². The maximum atomic E-state index is 11.8. The maximum absolute atomic E-state index is 11.8. The van der Waals surface area contributed by atoms with Crippen molar-refractivity contribution in [2.24, 2.45) is 0 Å². The van der Waals surface area contributed by atoms with Gasteiger partial charge in [-0.25, -0.2) is 0 Å². The van der Waals surface area contributed by atoms with Crippen LogP contribution in [0, 0.1) is 0 Å². The smallest absolute Gasteiger partial charge is 0.251 e. The monoisotopic (exact) mass is 211 g/mol. The Morgan fingerprint density at radius 1 is 1.00 bits per heavy atom. The minimum absolute atomic E-state index is 0.0202. The summed E-state index contributed by atoms with van der Waals surface area (Å²) in [5, 5.41) is 9.56. The number of aliphatic hydroxyl groups excluding tert-OH is 1. The zero-order chi connectivity index (χ0) is 10.7. The van der Waals surface area contributed by atoms with E-state index in [2.05, 4.69) is 0 Å².